The number of amides is 1. The minimum absolute atomic E-state index is 0.0984. The quantitative estimate of drug-likeness (QED) is 0.826. The number of rotatable bonds is 3. The molecule has 1 aliphatic heterocycles. The number of ether oxygens (including phenoxy) is 1. The lowest BCUT2D eigenvalue weighted by Crippen LogP contribution is -2.39. The minimum atomic E-state index is 0.0984. The van der Waals surface area contributed by atoms with Crippen LogP contribution >= 0.6 is 11.3 Å². The van der Waals surface area contributed by atoms with Crippen molar-refractivity contribution in [1.29, 1.82) is 0 Å². The first-order valence-corrected chi connectivity index (χ1v) is 6.77. The third kappa shape index (κ3) is 3.04. The number of hydrogen-bond donors (Lipinski definition) is 0. The van der Waals surface area contributed by atoms with Crippen LogP contribution in [0.2, 0.25) is 0 Å². The predicted octanol–water partition coefficient (Wildman–Crippen LogP) is 1.80. The zero-order valence-corrected chi connectivity index (χ0v) is 11.1. The maximum absolute atomic E-state index is 11.6. The van der Waals surface area contributed by atoms with E-state index in [1.54, 1.807) is 18.4 Å². The molecule has 0 aliphatic carbocycles. The maximum Gasteiger partial charge on any atom is 0.248 e. The summed E-state index contributed by atoms with van der Waals surface area (Å²) in [4.78, 5) is 18.1. The van der Waals surface area contributed by atoms with Gasteiger partial charge in [0, 0.05) is 37.2 Å². The number of thiazole rings is 1. The zero-order chi connectivity index (χ0) is 12.3. The van der Waals surface area contributed by atoms with Gasteiger partial charge in [-0.25, -0.2) is 4.98 Å². The van der Waals surface area contributed by atoms with E-state index in [1.165, 1.54) is 5.01 Å². The Kier molecular flexibility index (Phi) is 4.12. The Bertz CT molecular complexity index is 384. The zero-order valence-electron chi connectivity index (χ0n) is 10.3. The molecule has 1 aromatic heterocycles. The predicted molar refractivity (Wildman–Crippen MR) is 67.3 cm³/mol. The van der Waals surface area contributed by atoms with Crippen LogP contribution in [0, 0.1) is 6.92 Å². The molecule has 17 heavy (non-hydrogen) atoms. The second-order valence-corrected chi connectivity index (χ2v) is 5.30. The van der Waals surface area contributed by atoms with E-state index in [4.69, 9.17) is 4.74 Å². The van der Waals surface area contributed by atoms with Gasteiger partial charge in [-0.05, 0) is 19.8 Å². The number of aryl methyl sites for hydroxylation is 1. The van der Waals surface area contributed by atoms with Crippen LogP contribution < -0.4 is 0 Å². The van der Waals surface area contributed by atoms with Gasteiger partial charge in [-0.1, -0.05) is 0 Å². The number of piperidine rings is 1. The van der Waals surface area contributed by atoms with Gasteiger partial charge < -0.3 is 9.64 Å². The van der Waals surface area contributed by atoms with E-state index < -0.39 is 0 Å². The highest BCUT2D eigenvalue weighted by Gasteiger charge is 2.25. The summed E-state index contributed by atoms with van der Waals surface area (Å²) in [5.74, 6) is 0.626. The Morgan fingerprint density at radius 2 is 2.29 bits per heavy atom. The van der Waals surface area contributed by atoms with Crippen molar-refractivity contribution in [1.82, 2.24) is 9.88 Å². The molecule has 1 saturated heterocycles. The average Bonchev–Trinajstić information content (AvgIpc) is 2.76. The molecule has 0 spiro atoms. The molecule has 1 aromatic rings. The van der Waals surface area contributed by atoms with E-state index in [-0.39, 0.29) is 12.5 Å². The van der Waals surface area contributed by atoms with Gasteiger partial charge in [0.15, 0.2) is 0 Å². The number of hydrogen-bond acceptors (Lipinski definition) is 4. The smallest absolute Gasteiger partial charge is 0.248 e. The Hall–Kier alpha value is -0.940. The molecule has 5 heteroatoms. The largest absolute Gasteiger partial charge is 0.375 e. The normalized spacial score (nSPS) is 17.4. The molecule has 4 nitrogen and oxygen atoms in total. The van der Waals surface area contributed by atoms with Crippen molar-refractivity contribution in [2.75, 3.05) is 26.8 Å². The van der Waals surface area contributed by atoms with Crippen LogP contribution in [0.1, 0.15) is 29.5 Å². The van der Waals surface area contributed by atoms with E-state index in [2.05, 4.69) is 10.4 Å². The lowest BCUT2D eigenvalue weighted by atomic mass is 9.97. The summed E-state index contributed by atoms with van der Waals surface area (Å²) >= 11 is 1.74. The van der Waals surface area contributed by atoms with E-state index in [9.17, 15) is 4.79 Å². The SMILES string of the molecule is COCC(=O)N1CCC(c2nc(C)cs2)CC1. The third-order valence-electron chi connectivity index (χ3n) is 3.10. The average molecular weight is 254 g/mol. The van der Waals surface area contributed by atoms with Crippen LogP contribution in [0.4, 0.5) is 0 Å². The van der Waals surface area contributed by atoms with Crippen molar-refractivity contribution >= 4 is 17.2 Å². The monoisotopic (exact) mass is 254 g/mol. The summed E-state index contributed by atoms with van der Waals surface area (Å²) in [6.45, 7) is 3.87. The maximum atomic E-state index is 11.6. The Morgan fingerprint density at radius 1 is 1.59 bits per heavy atom. The lowest BCUT2D eigenvalue weighted by Gasteiger charge is -2.30. The van der Waals surface area contributed by atoms with Crippen molar-refractivity contribution in [2.45, 2.75) is 25.7 Å². The summed E-state index contributed by atoms with van der Waals surface area (Å²) in [5, 5.41) is 3.32. The first-order valence-electron chi connectivity index (χ1n) is 5.89. The molecule has 0 atom stereocenters. The van der Waals surface area contributed by atoms with Crippen molar-refractivity contribution in [3.05, 3.63) is 16.1 Å². The molecule has 0 aromatic carbocycles. The van der Waals surface area contributed by atoms with E-state index >= 15 is 0 Å². The van der Waals surface area contributed by atoms with E-state index in [0.29, 0.717) is 5.92 Å². The van der Waals surface area contributed by atoms with Gasteiger partial charge in [0.05, 0.1) is 5.01 Å². The molecule has 1 fully saturated rings. The molecule has 1 amide bonds. The number of nitrogens with zero attached hydrogens (tertiary/aromatic N) is 2. The molecule has 94 valence electrons. The number of carbonyl (C=O) groups is 1. The number of likely N-dealkylation sites (tertiary alicyclic amines) is 1. The molecule has 0 N–H and O–H groups in total. The molecule has 1 aliphatic rings. The van der Waals surface area contributed by atoms with Crippen LogP contribution in [0.25, 0.3) is 0 Å². The topological polar surface area (TPSA) is 42.4 Å². The summed E-state index contributed by atoms with van der Waals surface area (Å²) in [6, 6.07) is 0. The summed E-state index contributed by atoms with van der Waals surface area (Å²) in [7, 11) is 1.56. The summed E-state index contributed by atoms with van der Waals surface area (Å²) < 4.78 is 4.87. The number of carbonyl (C=O) groups excluding carboxylic acids is 1. The van der Waals surface area contributed by atoms with Crippen LogP contribution in [-0.2, 0) is 9.53 Å². The highest BCUT2D eigenvalue weighted by atomic mass is 32.1. The van der Waals surface area contributed by atoms with Gasteiger partial charge >= 0.3 is 0 Å². The van der Waals surface area contributed by atoms with E-state index in [1.807, 2.05) is 11.8 Å². The lowest BCUT2D eigenvalue weighted by molar-refractivity contribution is -0.136. The van der Waals surface area contributed by atoms with E-state index in [0.717, 1.165) is 31.6 Å². The second kappa shape index (κ2) is 5.60. The van der Waals surface area contributed by atoms with Gasteiger partial charge in [-0.3, -0.25) is 4.79 Å². The number of aromatic nitrogens is 1. The van der Waals surface area contributed by atoms with Gasteiger partial charge in [0.25, 0.3) is 0 Å². The number of methoxy groups -OCH3 is 1. The first-order chi connectivity index (χ1) is 8.20. The van der Waals surface area contributed by atoms with Gasteiger partial charge in [-0.2, -0.15) is 0 Å². The van der Waals surface area contributed by atoms with Crippen LogP contribution in [0.5, 0.6) is 0 Å². The highest BCUT2D eigenvalue weighted by Crippen LogP contribution is 2.30. The van der Waals surface area contributed by atoms with Crippen molar-refractivity contribution < 1.29 is 9.53 Å². The van der Waals surface area contributed by atoms with Crippen LogP contribution in [0.15, 0.2) is 5.38 Å². The molecule has 0 bridgehead atoms. The van der Waals surface area contributed by atoms with Crippen molar-refractivity contribution in [3.63, 3.8) is 0 Å². The summed E-state index contributed by atoms with van der Waals surface area (Å²) in [5.41, 5.74) is 1.10. The van der Waals surface area contributed by atoms with Crippen molar-refractivity contribution in [2.24, 2.45) is 0 Å². The fourth-order valence-corrected chi connectivity index (χ4v) is 3.12. The Balaban J connectivity index is 1.88. The highest BCUT2D eigenvalue weighted by molar-refractivity contribution is 7.09. The molecule has 0 radical (unpaired) electrons. The summed E-state index contributed by atoms with van der Waals surface area (Å²) in [6.07, 6.45) is 2.03. The molecular weight excluding hydrogens is 236 g/mol. The Morgan fingerprint density at radius 3 is 2.82 bits per heavy atom. The minimum Gasteiger partial charge on any atom is -0.375 e. The Labute approximate surface area is 106 Å². The fraction of sp³-hybridized carbons (Fsp3) is 0.667. The molecule has 0 unspecified atom stereocenters. The van der Waals surface area contributed by atoms with Crippen LogP contribution in [-0.4, -0.2) is 42.6 Å². The standard InChI is InChI=1S/C12H18N2O2S/c1-9-8-17-12(13-9)10-3-5-14(6-4-10)11(15)7-16-2/h8,10H,3-7H2,1-2H3. The molecule has 2 rings (SSSR count). The molecule has 0 saturated carbocycles. The molecular formula is C12H18N2O2S. The fourth-order valence-electron chi connectivity index (χ4n) is 2.15. The third-order valence-corrected chi connectivity index (χ3v) is 4.23. The molecule has 2 heterocycles. The van der Waals surface area contributed by atoms with Gasteiger partial charge in [0.1, 0.15) is 6.61 Å². The van der Waals surface area contributed by atoms with Crippen LogP contribution in [0.3, 0.4) is 0 Å². The van der Waals surface area contributed by atoms with Crippen molar-refractivity contribution in [3.8, 4) is 0 Å². The van der Waals surface area contributed by atoms with Gasteiger partial charge in [0.2, 0.25) is 5.91 Å². The first kappa shape index (κ1) is 12.5. The second-order valence-electron chi connectivity index (χ2n) is 4.42. The van der Waals surface area contributed by atoms with Gasteiger partial charge in [-0.15, -0.1) is 11.3 Å².